The molecule has 0 aliphatic heterocycles. The van der Waals surface area contributed by atoms with Crippen LogP contribution in [0.3, 0.4) is 0 Å². The van der Waals surface area contributed by atoms with E-state index in [-0.39, 0.29) is 0 Å². The molecule has 1 N–H and O–H groups in total. The fourth-order valence-electron chi connectivity index (χ4n) is 2.40. The van der Waals surface area contributed by atoms with Crippen molar-refractivity contribution in [3.05, 3.63) is 0 Å². The van der Waals surface area contributed by atoms with E-state index in [1.807, 2.05) is 0 Å². The van der Waals surface area contributed by atoms with Crippen LogP contribution in [0.4, 0.5) is 0 Å². The number of hydrogen-bond acceptors (Lipinski definition) is 4. The van der Waals surface area contributed by atoms with Gasteiger partial charge in [-0.25, -0.2) is 8.42 Å². The first-order valence-electron chi connectivity index (χ1n) is 6.52. The lowest BCUT2D eigenvalue weighted by Gasteiger charge is -2.23. The molecule has 5 heteroatoms. The maximum absolute atomic E-state index is 11.0. The van der Waals surface area contributed by atoms with Gasteiger partial charge in [-0.15, -0.1) is 0 Å². The van der Waals surface area contributed by atoms with E-state index in [4.69, 9.17) is 0 Å². The van der Waals surface area contributed by atoms with Crippen LogP contribution in [-0.4, -0.2) is 44.5 Å². The smallest absolute Gasteiger partial charge is 0.148 e. The van der Waals surface area contributed by atoms with Crippen LogP contribution in [0.5, 0.6) is 0 Å². The minimum Gasteiger partial charge on any atom is -0.313 e. The second-order valence-electron chi connectivity index (χ2n) is 4.91. The molecule has 0 spiro atoms. The van der Waals surface area contributed by atoms with Crippen LogP contribution in [-0.2, 0) is 9.84 Å². The van der Waals surface area contributed by atoms with Gasteiger partial charge in [-0.3, -0.25) is 0 Å². The highest BCUT2D eigenvalue weighted by atomic mass is 32.2. The van der Waals surface area contributed by atoms with Gasteiger partial charge in [0, 0.05) is 23.8 Å². The average Bonchev–Trinajstić information content (AvgIpc) is 2.74. The summed E-state index contributed by atoms with van der Waals surface area (Å²) in [5, 5.41) is 3.55. The van der Waals surface area contributed by atoms with Gasteiger partial charge in [-0.2, -0.15) is 11.8 Å². The predicted octanol–water partition coefficient (Wildman–Crippen LogP) is 1.93. The highest BCUT2D eigenvalue weighted by molar-refractivity contribution is 8.00. The molecule has 1 rings (SSSR count). The molecule has 0 aromatic rings. The average molecular weight is 279 g/mol. The molecule has 0 saturated heterocycles. The number of hydrogen-bond donors (Lipinski definition) is 1. The van der Waals surface area contributed by atoms with E-state index in [2.05, 4.69) is 12.2 Å². The molecule has 1 fully saturated rings. The lowest BCUT2D eigenvalue weighted by molar-refractivity contribution is 0.394. The SMILES string of the molecule is CCNC(CSCCS(C)(=O)=O)C1CCCC1. The first kappa shape index (κ1) is 15.3. The first-order valence-corrected chi connectivity index (χ1v) is 9.73. The summed E-state index contributed by atoms with van der Waals surface area (Å²) in [6.45, 7) is 3.15. The molecule has 1 saturated carbocycles. The molecule has 102 valence electrons. The Morgan fingerprint density at radius 3 is 2.53 bits per heavy atom. The van der Waals surface area contributed by atoms with Crippen LogP contribution in [0.1, 0.15) is 32.6 Å². The van der Waals surface area contributed by atoms with E-state index in [1.54, 1.807) is 11.8 Å². The number of nitrogens with one attached hydrogen (secondary N) is 1. The Hall–Kier alpha value is 0.260. The van der Waals surface area contributed by atoms with Crippen LogP contribution in [0.2, 0.25) is 0 Å². The molecular formula is C12H25NO2S2. The molecule has 17 heavy (non-hydrogen) atoms. The third-order valence-electron chi connectivity index (χ3n) is 3.33. The van der Waals surface area contributed by atoms with E-state index >= 15 is 0 Å². The molecule has 0 aromatic heterocycles. The van der Waals surface area contributed by atoms with Crippen molar-refractivity contribution < 1.29 is 8.42 Å². The standard InChI is InChI=1S/C12H25NO2S2/c1-3-13-12(11-6-4-5-7-11)10-16-8-9-17(2,14)15/h11-13H,3-10H2,1-2H3. The van der Waals surface area contributed by atoms with Crippen LogP contribution in [0.15, 0.2) is 0 Å². The van der Waals surface area contributed by atoms with E-state index in [0.29, 0.717) is 11.8 Å². The van der Waals surface area contributed by atoms with Gasteiger partial charge in [0.1, 0.15) is 9.84 Å². The van der Waals surface area contributed by atoms with Crippen LogP contribution >= 0.6 is 11.8 Å². The minimum absolute atomic E-state index is 0.307. The molecule has 0 radical (unpaired) electrons. The highest BCUT2D eigenvalue weighted by Crippen LogP contribution is 2.29. The van der Waals surface area contributed by atoms with Crippen molar-refractivity contribution in [1.82, 2.24) is 5.32 Å². The molecule has 1 aliphatic carbocycles. The zero-order chi connectivity index (χ0) is 12.7. The Kier molecular flexibility index (Phi) is 6.89. The number of rotatable bonds is 8. The van der Waals surface area contributed by atoms with Crippen molar-refractivity contribution in [2.75, 3.05) is 30.1 Å². The molecular weight excluding hydrogens is 254 g/mol. The molecule has 1 unspecified atom stereocenters. The van der Waals surface area contributed by atoms with Gasteiger partial charge in [0.2, 0.25) is 0 Å². The van der Waals surface area contributed by atoms with E-state index < -0.39 is 9.84 Å². The summed E-state index contributed by atoms with van der Waals surface area (Å²) in [6.07, 6.45) is 6.71. The van der Waals surface area contributed by atoms with Crippen molar-refractivity contribution in [1.29, 1.82) is 0 Å². The number of sulfone groups is 1. The largest absolute Gasteiger partial charge is 0.313 e. The molecule has 1 aliphatic rings. The Morgan fingerprint density at radius 1 is 1.35 bits per heavy atom. The van der Waals surface area contributed by atoms with Crippen molar-refractivity contribution in [2.45, 2.75) is 38.6 Å². The minimum atomic E-state index is -2.79. The lowest BCUT2D eigenvalue weighted by Crippen LogP contribution is -2.37. The Bertz CT molecular complexity index is 298. The second kappa shape index (κ2) is 7.64. The Balaban J connectivity index is 2.24. The second-order valence-corrected chi connectivity index (χ2v) is 8.32. The quantitative estimate of drug-likeness (QED) is 0.690. The topological polar surface area (TPSA) is 46.2 Å². The highest BCUT2D eigenvalue weighted by Gasteiger charge is 2.24. The van der Waals surface area contributed by atoms with Crippen molar-refractivity contribution in [3.8, 4) is 0 Å². The number of thioether (sulfide) groups is 1. The summed E-state index contributed by atoms with van der Waals surface area (Å²) in [6, 6.07) is 0.576. The fourth-order valence-corrected chi connectivity index (χ4v) is 4.90. The van der Waals surface area contributed by atoms with Crippen molar-refractivity contribution >= 4 is 21.6 Å². The molecule has 0 heterocycles. The maximum Gasteiger partial charge on any atom is 0.148 e. The van der Waals surface area contributed by atoms with Gasteiger partial charge in [0.15, 0.2) is 0 Å². The molecule has 0 bridgehead atoms. The molecule has 1 atom stereocenters. The first-order chi connectivity index (χ1) is 8.03. The third kappa shape index (κ3) is 6.67. The normalized spacial score (nSPS) is 19.6. The zero-order valence-corrected chi connectivity index (χ0v) is 12.6. The summed E-state index contributed by atoms with van der Waals surface area (Å²) in [5.41, 5.74) is 0. The Morgan fingerprint density at radius 2 is 2.00 bits per heavy atom. The predicted molar refractivity (Wildman–Crippen MR) is 76.5 cm³/mol. The van der Waals surface area contributed by atoms with Gasteiger partial charge in [0.25, 0.3) is 0 Å². The molecule has 0 amide bonds. The molecule has 3 nitrogen and oxygen atoms in total. The van der Waals surface area contributed by atoms with Gasteiger partial charge in [-0.05, 0) is 25.3 Å². The fraction of sp³-hybridized carbons (Fsp3) is 1.00. The van der Waals surface area contributed by atoms with Crippen molar-refractivity contribution in [2.24, 2.45) is 5.92 Å². The lowest BCUT2D eigenvalue weighted by atomic mass is 10.00. The van der Waals surface area contributed by atoms with Gasteiger partial charge in [0.05, 0.1) is 5.75 Å². The third-order valence-corrected chi connectivity index (χ3v) is 5.62. The van der Waals surface area contributed by atoms with Crippen molar-refractivity contribution in [3.63, 3.8) is 0 Å². The summed E-state index contributed by atoms with van der Waals surface area (Å²) >= 11 is 1.77. The molecule has 0 aromatic carbocycles. The summed E-state index contributed by atoms with van der Waals surface area (Å²) in [7, 11) is -2.79. The van der Waals surface area contributed by atoms with Crippen LogP contribution < -0.4 is 5.32 Å². The monoisotopic (exact) mass is 279 g/mol. The van der Waals surface area contributed by atoms with Crippen LogP contribution in [0.25, 0.3) is 0 Å². The van der Waals surface area contributed by atoms with E-state index in [0.717, 1.165) is 24.0 Å². The Labute approximate surface area is 110 Å². The zero-order valence-electron chi connectivity index (χ0n) is 10.9. The van der Waals surface area contributed by atoms with E-state index in [1.165, 1.54) is 31.9 Å². The van der Waals surface area contributed by atoms with E-state index in [9.17, 15) is 8.42 Å². The van der Waals surface area contributed by atoms with Gasteiger partial charge in [-0.1, -0.05) is 19.8 Å². The van der Waals surface area contributed by atoms with Gasteiger partial charge < -0.3 is 5.32 Å². The van der Waals surface area contributed by atoms with Crippen LogP contribution in [0, 0.1) is 5.92 Å². The summed E-state index contributed by atoms with van der Waals surface area (Å²) < 4.78 is 22.1. The maximum atomic E-state index is 11.0. The summed E-state index contributed by atoms with van der Waals surface area (Å²) in [4.78, 5) is 0. The van der Waals surface area contributed by atoms with Gasteiger partial charge >= 0.3 is 0 Å². The summed E-state index contributed by atoms with van der Waals surface area (Å²) in [5.74, 6) is 2.89.